The molecule has 5 rings (SSSR count). The van der Waals surface area contributed by atoms with Gasteiger partial charge in [0.25, 0.3) is 5.91 Å². The number of carbonyl (C=O) groups excluding carboxylic acids is 2. The molecule has 2 saturated heterocycles. The number of piperidine rings is 1. The van der Waals surface area contributed by atoms with E-state index in [4.69, 9.17) is 9.47 Å². The first-order valence-electron chi connectivity index (χ1n) is 12.0. The number of amides is 1. The fourth-order valence-electron chi connectivity index (χ4n) is 5.55. The third-order valence-electron chi connectivity index (χ3n) is 7.28. The number of hydrogen-bond acceptors (Lipinski definition) is 5. The molecule has 0 saturated carbocycles. The van der Waals surface area contributed by atoms with E-state index in [0.29, 0.717) is 5.56 Å². The molecule has 2 unspecified atom stereocenters. The van der Waals surface area contributed by atoms with Gasteiger partial charge in [-0.2, -0.15) is 0 Å². The van der Waals surface area contributed by atoms with Crippen molar-refractivity contribution in [3.8, 4) is 0 Å². The Morgan fingerprint density at radius 3 is 2.00 bits per heavy atom. The number of ether oxygens (including phenoxy) is 2. The Bertz CT molecular complexity index is 1160. The van der Waals surface area contributed by atoms with Gasteiger partial charge in [0, 0.05) is 31.5 Å². The van der Waals surface area contributed by atoms with Gasteiger partial charge in [-0.1, -0.05) is 78.9 Å². The highest BCUT2D eigenvalue weighted by atomic mass is 16.7. The lowest BCUT2D eigenvalue weighted by Gasteiger charge is -2.46. The molecule has 1 N–H and O–H groups in total. The third kappa shape index (κ3) is 3.74. The fourth-order valence-corrected chi connectivity index (χ4v) is 5.55. The van der Waals surface area contributed by atoms with Gasteiger partial charge in [-0.15, -0.1) is 0 Å². The number of hydrogen-bond donors (Lipinski definition) is 1. The molecule has 2 atom stereocenters. The minimum atomic E-state index is -1.81. The molecular weight excluding hydrogens is 442 g/mol. The minimum Gasteiger partial charge on any atom is -0.465 e. The van der Waals surface area contributed by atoms with Crippen LogP contribution in [0.15, 0.2) is 91.0 Å². The number of aliphatic hydroxyl groups is 1. The monoisotopic (exact) mass is 471 g/mol. The summed E-state index contributed by atoms with van der Waals surface area (Å²) in [5.41, 5.74) is -0.349. The summed E-state index contributed by atoms with van der Waals surface area (Å²) < 4.78 is 12.2. The predicted molar refractivity (Wildman–Crippen MR) is 130 cm³/mol. The molecule has 3 aromatic rings. The third-order valence-corrected chi connectivity index (χ3v) is 7.28. The van der Waals surface area contributed by atoms with Crippen molar-refractivity contribution in [2.75, 3.05) is 19.7 Å². The molecule has 6 nitrogen and oxygen atoms in total. The molecule has 2 fully saturated rings. The van der Waals surface area contributed by atoms with Gasteiger partial charge in [0.15, 0.2) is 5.79 Å². The lowest BCUT2D eigenvalue weighted by Crippen LogP contribution is -2.62. The summed E-state index contributed by atoms with van der Waals surface area (Å²) in [7, 11) is 0. The highest BCUT2D eigenvalue weighted by Gasteiger charge is 2.71. The second kappa shape index (κ2) is 8.95. The molecule has 3 aromatic carbocycles. The topological polar surface area (TPSA) is 76.1 Å². The van der Waals surface area contributed by atoms with Crippen LogP contribution in [0.3, 0.4) is 0 Å². The summed E-state index contributed by atoms with van der Waals surface area (Å²) in [4.78, 5) is 28.7. The van der Waals surface area contributed by atoms with Crippen LogP contribution in [0.4, 0.5) is 0 Å². The summed E-state index contributed by atoms with van der Waals surface area (Å²) in [6.07, 6.45) is 0.230. The number of fused-ring (bicyclic) bond motifs is 1. The van der Waals surface area contributed by atoms with Gasteiger partial charge in [0.1, 0.15) is 11.0 Å². The zero-order valence-electron chi connectivity index (χ0n) is 19.7. The van der Waals surface area contributed by atoms with Gasteiger partial charge in [-0.3, -0.25) is 9.59 Å². The number of rotatable bonds is 5. The largest absolute Gasteiger partial charge is 0.465 e. The van der Waals surface area contributed by atoms with Crippen LogP contribution >= 0.6 is 0 Å². The zero-order chi connectivity index (χ0) is 24.5. The lowest BCUT2D eigenvalue weighted by molar-refractivity contribution is -0.272. The first-order valence-corrected chi connectivity index (χ1v) is 12.0. The average molecular weight is 472 g/mol. The first-order chi connectivity index (χ1) is 16.9. The van der Waals surface area contributed by atoms with Crippen LogP contribution in [-0.4, -0.2) is 47.4 Å². The van der Waals surface area contributed by atoms with Gasteiger partial charge < -0.3 is 19.5 Å². The molecular formula is C29H29NO5. The number of likely N-dealkylation sites (tertiary alicyclic amines) is 1. The molecule has 2 aliphatic rings. The second-order valence-corrected chi connectivity index (χ2v) is 9.27. The van der Waals surface area contributed by atoms with Gasteiger partial charge in [0.2, 0.25) is 0 Å². The Hall–Kier alpha value is -3.48. The van der Waals surface area contributed by atoms with Crippen molar-refractivity contribution >= 4 is 11.9 Å². The molecule has 35 heavy (non-hydrogen) atoms. The average Bonchev–Trinajstić information content (AvgIpc) is 3.21. The van der Waals surface area contributed by atoms with Crippen LogP contribution < -0.4 is 0 Å². The molecule has 1 amide bonds. The van der Waals surface area contributed by atoms with Crippen molar-refractivity contribution in [2.24, 2.45) is 5.41 Å². The molecule has 0 aromatic heterocycles. The van der Waals surface area contributed by atoms with Gasteiger partial charge in [0.05, 0.1) is 6.61 Å². The van der Waals surface area contributed by atoms with Crippen molar-refractivity contribution in [1.82, 2.24) is 4.90 Å². The van der Waals surface area contributed by atoms with E-state index in [9.17, 15) is 14.7 Å². The lowest BCUT2D eigenvalue weighted by atomic mass is 9.68. The molecule has 2 aliphatic heterocycles. The van der Waals surface area contributed by atoms with Crippen LogP contribution in [0.5, 0.6) is 0 Å². The Morgan fingerprint density at radius 2 is 1.46 bits per heavy atom. The van der Waals surface area contributed by atoms with E-state index in [0.717, 1.165) is 11.1 Å². The maximum Gasteiger partial charge on any atom is 0.319 e. The molecule has 6 heteroatoms. The first kappa shape index (κ1) is 23.3. The van der Waals surface area contributed by atoms with E-state index in [2.05, 4.69) is 0 Å². The van der Waals surface area contributed by atoms with Crippen LogP contribution in [0.2, 0.25) is 0 Å². The van der Waals surface area contributed by atoms with Crippen molar-refractivity contribution in [3.05, 3.63) is 108 Å². The quantitative estimate of drug-likeness (QED) is 0.566. The number of benzene rings is 3. The van der Waals surface area contributed by atoms with Crippen LogP contribution in [0.1, 0.15) is 41.3 Å². The summed E-state index contributed by atoms with van der Waals surface area (Å²) in [6.45, 7) is 2.15. The summed E-state index contributed by atoms with van der Waals surface area (Å²) in [5, 5.41) is 12.0. The van der Waals surface area contributed by atoms with Crippen LogP contribution in [0, 0.1) is 5.41 Å². The van der Waals surface area contributed by atoms with Gasteiger partial charge >= 0.3 is 5.97 Å². The highest BCUT2D eigenvalue weighted by molar-refractivity contribution is 5.95. The van der Waals surface area contributed by atoms with Gasteiger partial charge in [-0.05, 0) is 30.2 Å². The molecule has 2 heterocycles. The normalized spacial score (nSPS) is 25.0. The van der Waals surface area contributed by atoms with Crippen molar-refractivity contribution in [1.29, 1.82) is 0 Å². The SMILES string of the molecule is CCOC(=O)C12CN(C(=O)c3ccccc3)CCC1(O)OC(c1ccccc1)(c1ccccc1)C2. The smallest absolute Gasteiger partial charge is 0.319 e. The maximum atomic E-state index is 13.7. The Labute approximate surface area is 205 Å². The standard InChI is InChI=1S/C29H29NO5/c1-2-34-26(32)27-20-28(23-14-8-4-9-15-23,24-16-10-5-11-17-24)35-29(27,33)18-19-30(21-27)25(31)22-12-6-3-7-13-22/h3-17,33H,2,18-21H2,1H3. The van der Waals surface area contributed by atoms with Gasteiger partial charge in [-0.25, -0.2) is 0 Å². The second-order valence-electron chi connectivity index (χ2n) is 9.27. The maximum absolute atomic E-state index is 13.7. The number of carbonyl (C=O) groups is 2. The molecule has 180 valence electrons. The molecule has 0 radical (unpaired) electrons. The molecule has 0 spiro atoms. The van der Waals surface area contributed by atoms with Crippen molar-refractivity contribution in [3.63, 3.8) is 0 Å². The Kier molecular flexibility index (Phi) is 5.95. The van der Waals surface area contributed by atoms with Crippen LogP contribution in [-0.2, 0) is 19.9 Å². The van der Waals surface area contributed by atoms with Crippen molar-refractivity contribution in [2.45, 2.75) is 31.2 Å². The number of esters is 1. The van der Waals surface area contributed by atoms with E-state index >= 15 is 0 Å². The van der Waals surface area contributed by atoms with Crippen molar-refractivity contribution < 1.29 is 24.2 Å². The van der Waals surface area contributed by atoms with E-state index < -0.39 is 22.8 Å². The summed E-state index contributed by atoms with van der Waals surface area (Å²) in [5.74, 6) is -2.55. The van der Waals surface area contributed by atoms with E-state index in [1.54, 1.807) is 24.0 Å². The predicted octanol–water partition coefficient (Wildman–Crippen LogP) is 4.13. The zero-order valence-corrected chi connectivity index (χ0v) is 19.7. The Balaban J connectivity index is 1.63. The summed E-state index contributed by atoms with van der Waals surface area (Å²) >= 11 is 0. The molecule has 0 aliphatic carbocycles. The van der Waals surface area contributed by atoms with E-state index in [1.165, 1.54) is 0 Å². The summed E-state index contributed by atoms with van der Waals surface area (Å²) in [6, 6.07) is 28.2. The fraction of sp³-hybridized carbons (Fsp3) is 0.310. The number of nitrogens with zero attached hydrogens (tertiary/aromatic N) is 1. The molecule has 0 bridgehead atoms. The van der Waals surface area contributed by atoms with E-state index in [1.807, 2.05) is 78.9 Å². The van der Waals surface area contributed by atoms with E-state index in [-0.39, 0.29) is 38.4 Å². The highest BCUT2D eigenvalue weighted by Crippen LogP contribution is 2.60. The Morgan fingerprint density at radius 1 is 0.914 bits per heavy atom. The van der Waals surface area contributed by atoms with Crippen LogP contribution in [0.25, 0.3) is 0 Å². The minimum absolute atomic E-state index is 0.00250.